The van der Waals surface area contributed by atoms with Gasteiger partial charge in [0.15, 0.2) is 0 Å². The van der Waals surface area contributed by atoms with Crippen LogP contribution >= 0.6 is 0 Å². The van der Waals surface area contributed by atoms with Crippen LogP contribution in [0.25, 0.3) is 0 Å². The molecule has 20 heavy (non-hydrogen) atoms. The fraction of sp³-hybridized carbons (Fsp3) is 0.467. The van der Waals surface area contributed by atoms with Crippen molar-refractivity contribution in [3.05, 3.63) is 30.1 Å². The smallest absolute Gasteiger partial charge is 0.314 e. The molecule has 4 nitrogen and oxygen atoms in total. The number of esters is 1. The zero-order valence-electron chi connectivity index (χ0n) is 11.0. The van der Waals surface area contributed by atoms with Gasteiger partial charge in [0.25, 0.3) is 0 Å². The summed E-state index contributed by atoms with van der Waals surface area (Å²) in [5, 5.41) is 0. The molecule has 1 amide bonds. The van der Waals surface area contributed by atoms with Gasteiger partial charge in [-0.05, 0) is 43.5 Å². The number of nitrogens with zero attached hydrogens (tertiary/aromatic N) is 1. The third kappa shape index (κ3) is 2.53. The van der Waals surface area contributed by atoms with Gasteiger partial charge >= 0.3 is 5.97 Å². The van der Waals surface area contributed by atoms with E-state index in [0.29, 0.717) is 12.2 Å². The van der Waals surface area contributed by atoms with Crippen LogP contribution in [0, 0.1) is 11.7 Å². The Balaban J connectivity index is 1.65. The first-order valence-corrected chi connectivity index (χ1v) is 6.90. The van der Waals surface area contributed by atoms with Crippen LogP contribution in [0.15, 0.2) is 24.3 Å². The zero-order valence-corrected chi connectivity index (χ0v) is 11.0. The predicted molar refractivity (Wildman–Crippen MR) is 69.5 cm³/mol. The van der Waals surface area contributed by atoms with Crippen LogP contribution in [0.5, 0.6) is 5.75 Å². The predicted octanol–water partition coefficient (Wildman–Crippen LogP) is 2.13. The molecule has 2 heterocycles. The Bertz CT molecular complexity index is 528. The Labute approximate surface area is 116 Å². The molecular weight excluding hydrogens is 261 g/mol. The van der Waals surface area contributed by atoms with E-state index in [1.807, 2.05) is 4.90 Å². The van der Waals surface area contributed by atoms with E-state index in [1.165, 1.54) is 24.3 Å². The van der Waals surface area contributed by atoms with E-state index in [9.17, 15) is 14.0 Å². The SMILES string of the molecule is O=C(Oc1ccc(F)cc1)C1CC(=O)N2CCCC2C1. The van der Waals surface area contributed by atoms with E-state index in [1.54, 1.807) is 0 Å². The molecule has 0 spiro atoms. The monoisotopic (exact) mass is 277 g/mol. The molecule has 2 aliphatic rings. The third-order valence-corrected chi connectivity index (χ3v) is 4.04. The van der Waals surface area contributed by atoms with Crippen molar-refractivity contribution in [2.45, 2.75) is 31.7 Å². The lowest BCUT2D eigenvalue weighted by Gasteiger charge is -2.33. The Hall–Kier alpha value is -1.91. The molecular formula is C15H16FNO3. The van der Waals surface area contributed by atoms with Gasteiger partial charge in [0.2, 0.25) is 5.91 Å². The number of ether oxygens (including phenoxy) is 1. The van der Waals surface area contributed by atoms with Gasteiger partial charge in [-0.1, -0.05) is 0 Å². The van der Waals surface area contributed by atoms with E-state index >= 15 is 0 Å². The highest BCUT2D eigenvalue weighted by atomic mass is 19.1. The van der Waals surface area contributed by atoms with Crippen molar-refractivity contribution in [1.29, 1.82) is 0 Å². The molecule has 106 valence electrons. The normalized spacial score (nSPS) is 25.4. The summed E-state index contributed by atoms with van der Waals surface area (Å²) in [4.78, 5) is 25.9. The maximum absolute atomic E-state index is 12.8. The van der Waals surface area contributed by atoms with Crippen LogP contribution in [-0.2, 0) is 9.59 Å². The molecule has 0 radical (unpaired) electrons. The molecule has 2 fully saturated rings. The van der Waals surface area contributed by atoms with Crippen molar-refractivity contribution >= 4 is 11.9 Å². The van der Waals surface area contributed by atoms with E-state index in [4.69, 9.17) is 4.74 Å². The largest absolute Gasteiger partial charge is 0.426 e. The molecule has 1 aromatic carbocycles. The standard InChI is InChI=1S/C15H16FNO3/c16-11-3-5-13(6-4-11)20-15(19)10-8-12-2-1-7-17(12)14(18)9-10/h3-6,10,12H,1-2,7-9H2. The van der Waals surface area contributed by atoms with E-state index in [2.05, 4.69) is 0 Å². The molecule has 1 aromatic rings. The molecule has 2 unspecified atom stereocenters. The number of piperidine rings is 1. The summed E-state index contributed by atoms with van der Waals surface area (Å²) in [6.45, 7) is 0.809. The van der Waals surface area contributed by atoms with E-state index in [0.717, 1.165) is 19.4 Å². The molecule has 5 heteroatoms. The average molecular weight is 277 g/mol. The quantitative estimate of drug-likeness (QED) is 0.614. The topological polar surface area (TPSA) is 46.6 Å². The Morgan fingerprint density at radius 1 is 1.30 bits per heavy atom. The Kier molecular flexibility index (Phi) is 3.42. The number of amides is 1. The highest BCUT2D eigenvalue weighted by Crippen LogP contribution is 2.32. The van der Waals surface area contributed by atoms with Crippen LogP contribution in [0.4, 0.5) is 4.39 Å². The number of carbonyl (C=O) groups excluding carboxylic acids is 2. The number of hydrogen-bond acceptors (Lipinski definition) is 3. The summed E-state index contributed by atoms with van der Waals surface area (Å²) in [5.74, 6) is -0.792. The van der Waals surface area contributed by atoms with Crippen molar-refractivity contribution in [1.82, 2.24) is 4.90 Å². The lowest BCUT2D eigenvalue weighted by Crippen LogP contribution is -2.45. The number of halogens is 1. The molecule has 2 atom stereocenters. The first-order chi connectivity index (χ1) is 9.63. The molecule has 2 saturated heterocycles. The third-order valence-electron chi connectivity index (χ3n) is 4.04. The maximum atomic E-state index is 12.8. The fourth-order valence-corrected chi connectivity index (χ4v) is 3.03. The van der Waals surface area contributed by atoms with Crippen LogP contribution in [-0.4, -0.2) is 29.4 Å². The van der Waals surface area contributed by atoms with Gasteiger partial charge in [-0.25, -0.2) is 4.39 Å². The van der Waals surface area contributed by atoms with Crippen molar-refractivity contribution in [3.63, 3.8) is 0 Å². The molecule has 2 aliphatic heterocycles. The number of carbonyl (C=O) groups is 2. The van der Waals surface area contributed by atoms with Gasteiger partial charge in [0.1, 0.15) is 11.6 Å². The van der Waals surface area contributed by atoms with Crippen molar-refractivity contribution in [2.24, 2.45) is 5.92 Å². The van der Waals surface area contributed by atoms with Gasteiger partial charge in [-0.3, -0.25) is 9.59 Å². The minimum absolute atomic E-state index is 0.0415. The molecule has 0 N–H and O–H groups in total. The minimum atomic E-state index is -0.392. The van der Waals surface area contributed by atoms with Gasteiger partial charge in [-0.2, -0.15) is 0 Å². The Morgan fingerprint density at radius 3 is 2.80 bits per heavy atom. The summed E-state index contributed by atoms with van der Waals surface area (Å²) >= 11 is 0. The zero-order chi connectivity index (χ0) is 14.1. The molecule has 0 aromatic heterocycles. The summed E-state index contributed by atoms with van der Waals surface area (Å²) < 4.78 is 18.0. The second-order valence-electron chi connectivity index (χ2n) is 5.39. The lowest BCUT2D eigenvalue weighted by atomic mass is 9.91. The second-order valence-corrected chi connectivity index (χ2v) is 5.39. The Morgan fingerprint density at radius 2 is 2.05 bits per heavy atom. The summed E-state index contributed by atoms with van der Waals surface area (Å²) in [7, 11) is 0. The van der Waals surface area contributed by atoms with Crippen LogP contribution < -0.4 is 4.74 Å². The van der Waals surface area contributed by atoms with E-state index in [-0.39, 0.29) is 30.1 Å². The van der Waals surface area contributed by atoms with Gasteiger partial charge in [0.05, 0.1) is 5.92 Å². The second kappa shape index (κ2) is 5.23. The average Bonchev–Trinajstić information content (AvgIpc) is 2.90. The van der Waals surface area contributed by atoms with Crippen molar-refractivity contribution < 1.29 is 18.7 Å². The molecule has 3 rings (SSSR count). The summed E-state index contributed by atoms with van der Waals surface area (Å²) in [5.41, 5.74) is 0. The highest BCUT2D eigenvalue weighted by molar-refractivity contribution is 5.85. The van der Waals surface area contributed by atoms with Crippen LogP contribution in [0.3, 0.4) is 0 Å². The van der Waals surface area contributed by atoms with Crippen LogP contribution in [0.1, 0.15) is 25.7 Å². The molecule has 0 saturated carbocycles. The number of benzene rings is 1. The summed E-state index contributed by atoms with van der Waals surface area (Å²) in [6.07, 6.45) is 2.87. The van der Waals surface area contributed by atoms with Crippen molar-refractivity contribution in [3.8, 4) is 5.75 Å². The van der Waals surface area contributed by atoms with E-state index < -0.39 is 5.97 Å². The van der Waals surface area contributed by atoms with Gasteiger partial charge in [0, 0.05) is 19.0 Å². The fourth-order valence-electron chi connectivity index (χ4n) is 3.03. The first-order valence-electron chi connectivity index (χ1n) is 6.90. The molecule has 0 aliphatic carbocycles. The van der Waals surface area contributed by atoms with Gasteiger partial charge in [-0.15, -0.1) is 0 Å². The number of rotatable bonds is 2. The molecule has 0 bridgehead atoms. The van der Waals surface area contributed by atoms with Crippen LogP contribution in [0.2, 0.25) is 0 Å². The van der Waals surface area contributed by atoms with Gasteiger partial charge < -0.3 is 9.64 Å². The number of hydrogen-bond donors (Lipinski definition) is 0. The lowest BCUT2D eigenvalue weighted by molar-refractivity contribution is -0.148. The minimum Gasteiger partial charge on any atom is -0.426 e. The first kappa shape index (κ1) is 13.1. The highest BCUT2D eigenvalue weighted by Gasteiger charge is 2.40. The summed E-state index contributed by atoms with van der Waals surface area (Å²) in [6, 6.07) is 5.50. The maximum Gasteiger partial charge on any atom is 0.314 e. The number of fused-ring (bicyclic) bond motifs is 1. The van der Waals surface area contributed by atoms with Crippen molar-refractivity contribution in [2.75, 3.05) is 6.54 Å².